The summed E-state index contributed by atoms with van der Waals surface area (Å²) < 4.78 is 16.5. The molecule has 4 aromatic carbocycles. The topological polar surface area (TPSA) is 134 Å². The number of hydrogen-bond donors (Lipinski definition) is 3. The Hall–Kier alpha value is -5.85. The maximum atomic E-state index is 12.5. The number of phenols is 2. The van der Waals surface area contributed by atoms with Gasteiger partial charge in [-0.05, 0) is 110 Å². The molecule has 2 amide bonds. The number of aromatic nitrogens is 3. The molecule has 3 N–H and O–H groups in total. The standard InChI is InChI=1S/C45H50N6O6/c1-30-38-28-34(53)14-18-39(38)51(43(30)32-10-12-33(52)13-11-32)29-31-8-15-35(16-9-31)56-26-4-3-20-49-21-23-50(24-22-49)25-27-57-40-7-5-6-36-42(47-48(2)44(36)40)37-17-19-41(54)46-45(37)55/h5-16,18,28,37,52-53H,3-4,17,19-27,29H2,1-2H3,(H,46,54,55). The molecule has 1 atom stereocenters. The molecule has 0 saturated carbocycles. The predicted molar refractivity (Wildman–Crippen MR) is 220 cm³/mol. The van der Waals surface area contributed by atoms with Gasteiger partial charge in [-0.2, -0.15) is 5.10 Å². The number of unbranched alkanes of at least 4 members (excludes halogenated alkanes) is 1. The molecule has 296 valence electrons. The number of phenolic OH excluding ortho intramolecular Hbond substituents is 2. The first-order valence-corrected chi connectivity index (χ1v) is 19.9. The molecule has 2 aliphatic rings. The molecular weight excluding hydrogens is 721 g/mol. The molecule has 2 aliphatic heterocycles. The molecule has 1 unspecified atom stereocenters. The van der Waals surface area contributed by atoms with E-state index in [4.69, 9.17) is 9.47 Å². The highest BCUT2D eigenvalue weighted by Crippen LogP contribution is 2.37. The Bertz CT molecular complexity index is 2380. The van der Waals surface area contributed by atoms with E-state index >= 15 is 0 Å². The third-order valence-electron chi connectivity index (χ3n) is 11.4. The number of fused-ring (bicyclic) bond motifs is 2. The number of carbonyl (C=O) groups is 2. The number of ether oxygens (including phenoxy) is 2. The molecule has 12 heteroatoms. The Balaban J connectivity index is 0.764. The first kappa shape index (κ1) is 38.0. The summed E-state index contributed by atoms with van der Waals surface area (Å²) >= 11 is 0. The second-order valence-corrected chi connectivity index (χ2v) is 15.2. The van der Waals surface area contributed by atoms with Gasteiger partial charge in [-0.15, -0.1) is 0 Å². The number of nitrogens with zero attached hydrogens (tertiary/aromatic N) is 5. The number of piperazine rings is 1. The van der Waals surface area contributed by atoms with E-state index in [1.165, 1.54) is 0 Å². The van der Waals surface area contributed by atoms with E-state index in [1.54, 1.807) is 22.9 Å². The number of benzene rings is 4. The van der Waals surface area contributed by atoms with Gasteiger partial charge in [0.15, 0.2) is 0 Å². The van der Waals surface area contributed by atoms with Crippen LogP contribution in [-0.4, -0.2) is 98.7 Å². The van der Waals surface area contributed by atoms with Gasteiger partial charge >= 0.3 is 0 Å². The summed E-state index contributed by atoms with van der Waals surface area (Å²) in [6, 6.07) is 26.9. The molecule has 0 spiro atoms. The number of imide groups is 1. The molecule has 2 fully saturated rings. The van der Waals surface area contributed by atoms with E-state index in [1.807, 2.05) is 61.6 Å². The van der Waals surface area contributed by atoms with Gasteiger partial charge in [0, 0.05) is 69.0 Å². The SMILES string of the molecule is Cc1c(-c2ccc(O)cc2)n(Cc2ccc(OCCCCN3CCN(CCOc4cccc5c(C6CCC(=O)NC6=O)nn(C)c45)CC3)cc2)c2ccc(O)cc12. The quantitative estimate of drug-likeness (QED) is 0.0858. The number of carbonyl (C=O) groups excluding carboxylic acids is 2. The summed E-state index contributed by atoms with van der Waals surface area (Å²) in [5.41, 5.74) is 6.90. The van der Waals surface area contributed by atoms with E-state index < -0.39 is 5.92 Å². The average molecular weight is 771 g/mol. The molecule has 2 aromatic heterocycles. The summed E-state index contributed by atoms with van der Waals surface area (Å²) in [6.45, 7) is 9.90. The summed E-state index contributed by atoms with van der Waals surface area (Å²) in [5, 5.41) is 29.1. The van der Waals surface area contributed by atoms with E-state index in [2.05, 4.69) is 43.8 Å². The number of piperidine rings is 1. The highest BCUT2D eigenvalue weighted by atomic mass is 16.5. The fourth-order valence-electron chi connectivity index (χ4n) is 8.35. The van der Waals surface area contributed by atoms with Crippen molar-refractivity contribution in [3.8, 4) is 34.3 Å². The van der Waals surface area contributed by atoms with Gasteiger partial charge in [0.2, 0.25) is 11.8 Å². The number of nitrogens with one attached hydrogen (secondary N) is 1. The van der Waals surface area contributed by atoms with E-state index in [0.717, 1.165) is 108 Å². The van der Waals surface area contributed by atoms with Crippen LogP contribution in [0.4, 0.5) is 0 Å². The van der Waals surface area contributed by atoms with Gasteiger partial charge in [0.25, 0.3) is 0 Å². The van der Waals surface area contributed by atoms with Gasteiger partial charge in [0.05, 0.1) is 23.9 Å². The van der Waals surface area contributed by atoms with Crippen molar-refractivity contribution in [2.24, 2.45) is 7.05 Å². The van der Waals surface area contributed by atoms with Crippen molar-refractivity contribution >= 4 is 33.6 Å². The largest absolute Gasteiger partial charge is 0.508 e. The van der Waals surface area contributed by atoms with Gasteiger partial charge in [0.1, 0.15) is 35.1 Å². The third-order valence-corrected chi connectivity index (χ3v) is 11.4. The number of hydrogen-bond acceptors (Lipinski definition) is 9. The van der Waals surface area contributed by atoms with Crippen molar-refractivity contribution in [1.29, 1.82) is 0 Å². The van der Waals surface area contributed by atoms with Gasteiger partial charge in [-0.25, -0.2) is 0 Å². The monoisotopic (exact) mass is 770 g/mol. The van der Waals surface area contributed by atoms with Crippen LogP contribution in [0.1, 0.15) is 48.4 Å². The predicted octanol–water partition coefficient (Wildman–Crippen LogP) is 6.34. The van der Waals surface area contributed by atoms with Crippen LogP contribution in [0.3, 0.4) is 0 Å². The van der Waals surface area contributed by atoms with Gasteiger partial charge < -0.3 is 29.2 Å². The molecule has 12 nitrogen and oxygen atoms in total. The minimum absolute atomic E-state index is 0.229. The Morgan fingerprint density at radius 2 is 1.54 bits per heavy atom. The lowest BCUT2D eigenvalue weighted by Gasteiger charge is -2.34. The number of amides is 2. The van der Waals surface area contributed by atoms with Crippen LogP contribution in [0.25, 0.3) is 33.1 Å². The average Bonchev–Trinajstić information content (AvgIpc) is 3.68. The fourth-order valence-corrected chi connectivity index (χ4v) is 8.35. The van der Waals surface area contributed by atoms with Crippen LogP contribution < -0.4 is 14.8 Å². The van der Waals surface area contributed by atoms with Gasteiger partial charge in [-0.1, -0.05) is 24.3 Å². The smallest absolute Gasteiger partial charge is 0.235 e. The summed E-state index contributed by atoms with van der Waals surface area (Å²) in [6.07, 6.45) is 2.84. The van der Waals surface area contributed by atoms with Crippen LogP contribution in [0, 0.1) is 6.92 Å². The summed E-state index contributed by atoms with van der Waals surface area (Å²) in [5.74, 6) is 1.13. The van der Waals surface area contributed by atoms with E-state index in [-0.39, 0.29) is 23.3 Å². The third kappa shape index (κ3) is 8.33. The van der Waals surface area contributed by atoms with Crippen molar-refractivity contribution < 1.29 is 29.3 Å². The molecule has 2 saturated heterocycles. The number of para-hydroxylation sites is 1. The highest BCUT2D eigenvalue weighted by molar-refractivity contribution is 6.03. The Labute approximate surface area is 332 Å². The van der Waals surface area contributed by atoms with Crippen LogP contribution in [-0.2, 0) is 23.2 Å². The van der Waals surface area contributed by atoms with Gasteiger partial charge in [-0.3, -0.25) is 24.5 Å². The molecule has 4 heterocycles. The lowest BCUT2D eigenvalue weighted by atomic mass is 9.93. The maximum absolute atomic E-state index is 12.5. The van der Waals surface area contributed by atoms with Crippen molar-refractivity contribution in [2.75, 3.05) is 52.5 Å². The Kier molecular flexibility index (Phi) is 11.2. The second kappa shape index (κ2) is 16.7. The number of rotatable bonds is 14. The summed E-state index contributed by atoms with van der Waals surface area (Å²) in [7, 11) is 1.87. The second-order valence-electron chi connectivity index (χ2n) is 15.2. The van der Waals surface area contributed by atoms with Crippen LogP contribution in [0.15, 0.2) is 84.9 Å². The van der Waals surface area contributed by atoms with Crippen molar-refractivity contribution in [3.05, 3.63) is 102 Å². The minimum Gasteiger partial charge on any atom is -0.508 e. The van der Waals surface area contributed by atoms with Crippen molar-refractivity contribution in [1.82, 2.24) is 29.5 Å². The lowest BCUT2D eigenvalue weighted by Crippen LogP contribution is -2.47. The van der Waals surface area contributed by atoms with E-state index in [0.29, 0.717) is 38.3 Å². The zero-order valence-electron chi connectivity index (χ0n) is 32.6. The first-order valence-electron chi connectivity index (χ1n) is 19.9. The van der Waals surface area contributed by atoms with Crippen molar-refractivity contribution in [2.45, 2.75) is 45.1 Å². The molecular formula is C45H50N6O6. The van der Waals surface area contributed by atoms with Crippen LogP contribution in [0.2, 0.25) is 0 Å². The molecule has 0 bridgehead atoms. The fraction of sp³-hybridized carbons (Fsp3) is 0.356. The van der Waals surface area contributed by atoms with Crippen LogP contribution in [0.5, 0.6) is 23.0 Å². The molecule has 6 aromatic rings. The first-order chi connectivity index (χ1) is 27.7. The Morgan fingerprint density at radius 1 is 0.807 bits per heavy atom. The lowest BCUT2D eigenvalue weighted by molar-refractivity contribution is -0.134. The molecule has 57 heavy (non-hydrogen) atoms. The van der Waals surface area contributed by atoms with E-state index in [9.17, 15) is 19.8 Å². The molecule has 8 rings (SSSR count). The summed E-state index contributed by atoms with van der Waals surface area (Å²) in [4.78, 5) is 29.2. The maximum Gasteiger partial charge on any atom is 0.235 e. The number of aromatic hydroxyl groups is 2. The molecule has 0 radical (unpaired) electrons. The van der Waals surface area contributed by atoms with Crippen molar-refractivity contribution in [3.63, 3.8) is 0 Å². The minimum atomic E-state index is -0.441. The normalized spacial score (nSPS) is 16.7. The Morgan fingerprint density at radius 3 is 2.30 bits per heavy atom. The molecule has 0 aliphatic carbocycles. The highest BCUT2D eigenvalue weighted by Gasteiger charge is 2.32. The zero-order valence-corrected chi connectivity index (χ0v) is 32.6. The van der Waals surface area contributed by atoms with Crippen LogP contribution >= 0.6 is 0 Å². The zero-order chi connectivity index (χ0) is 39.5. The number of aryl methyl sites for hydroxylation is 2.